The summed E-state index contributed by atoms with van der Waals surface area (Å²) in [7, 11) is 1.03. The van der Waals surface area contributed by atoms with Gasteiger partial charge in [0.2, 0.25) is 0 Å². The highest BCUT2D eigenvalue weighted by molar-refractivity contribution is 8.05. The Kier molecular flexibility index (Phi) is 4.46. The molecule has 1 unspecified atom stereocenters. The molecule has 0 spiro atoms. The van der Waals surface area contributed by atoms with E-state index in [9.17, 15) is 0 Å². The molecule has 114 valence electrons. The lowest BCUT2D eigenvalue weighted by molar-refractivity contribution is 0.473. The third-order valence-electron chi connectivity index (χ3n) is 3.63. The van der Waals surface area contributed by atoms with Gasteiger partial charge < -0.3 is 4.52 Å². The molecule has 0 N–H and O–H groups in total. The summed E-state index contributed by atoms with van der Waals surface area (Å²) >= 11 is 3.72. The van der Waals surface area contributed by atoms with Gasteiger partial charge in [0, 0.05) is 37.3 Å². The molecule has 3 aromatic rings. The first-order valence-corrected chi connectivity index (χ1v) is 10.2. The van der Waals surface area contributed by atoms with Crippen LogP contribution in [-0.2, 0) is 4.52 Å². The molecule has 4 heteroatoms. The minimum Gasteiger partial charge on any atom is -0.353 e. The molecular weight excluding hydrogens is 339 g/mol. The summed E-state index contributed by atoms with van der Waals surface area (Å²) in [6, 6.07) is 25.7. The van der Waals surface area contributed by atoms with Gasteiger partial charge >= 0.3 is 0 Å². The molecular formula is C19H15OPS2. The van der Waals surface area contributed by atoms with Gasteiger partial charge in [0.05, 0.1) is 8.15 Å². The molecule has 1 nitrogen and oxygen atoms in total. The van der Waals surface area contributed by atoms with Gasteiger partial charge in [-0.05, 0) is 18.2 Å². The van der Waals surface area contributed by atoms with E-state index >= 15 is 0 Å². The fourth-order valence-electron chi connectivity index (χ4n) is 2.60. The molecule has 0 aliphatic carbocycles. The highest BCUT2D eigenvalue weighted by Gasteiger charge is 2.24. The fourth-order valence-corrected chi connectivity index (χ4v) is 6.99. The predicted molar refractivity (Wildman–Crippen MR) is 101 cm³/mol. The molecule has 0 saturated carbocycles. The lowest BCUT2D eigenvalue weighted by Gasteiger charge is -2.24. The zero-order valence-electron chi connectivity index (χ0n) is 12.6. The van der Waals surface area contributed by atoms with E-state index in [0.29, 0.717) is 0 Å². The Balaban J connectivity index is 1.80. The van der Waals surface area contributed by atoms with Gasteiger partial charge in [0.1, 0.15) is 0 Å². The molecule has 0 radical (unpaired) electrons. The topological polar surface area (TPSA) is 9.23 Å². The van der Waals surface area contributed by atoms with Crippen LogP contribution in [0.4, 0.5) is 0 Å². The maximum absolute atomic E-state index is 5.92. The number of rotatable bonds is 3. The predicted octanol–water partition coefficient (Wildman–Crippen LogP) is 5.30. The largest absolute Gasteiger partial charge is 0.353 e. The van der Waals surface area contributed by atoms with E-state index in [0.717, 1.165) is 0 Å². The standard InChI is InChI=1S/C19H15OPS2/c1-20-21(14-8-3-2-4-9-14)15-10-7-13-18-19(15)23-17-12-6-5-11-16(17)22-18/h2-13H,1H3. The maximum atomic E-state index is 5.92. The Morgan fingerprint density at radius 3 is 2.09 bits per heavy atom. The molecule has 4 rings (SSSR count). The van der Waals surface area contributed by atoms with Crippen molar-refractivity contribution in [2.75, 3.05) is 7.11 Å². The van der Waals surface area contributed by atoms with Crippen LogP contribution in [0.1, 0.15) is 0 Å². The summed E-state index contributed by atoms with van der Waals surface area (Å²) in [6.07, 6.45) is 0. The zero-order valence-corrected chi connectivity index (χ0v) is 15.1. The molecule has 23 heavy (non-hydrogen) atoms. The molecule has 0 fully saturated rings. The van der Waals surface area contributed by atoms with Crippen LogP contribution in [-0.4, -0.2) is 7.11 Å². The van der Waals surface area contributed by atoms with Gasteiger partial charge in [-0.1, -0.05) is 78.1 Å². The van der Waals surface area contributed by atoms with Crippen molar-refractivity contribution in [1.82, 2.24) is 0 Å². The highest BCUT2D eigenvalue weighted by atomic mass is 32.2. The monoisotopic (exact) mass is 354 g/mol. The van der Waals surface area contributed by atoms with Crippen LogP contribution in [0.5, 0.6) is 0 Å². The van der Waals surface area contributed by atoms with Gasteiger partial charge in [-0.3, -0.25) is 0 Å². The summed E-state index contributed by atoms with van der Waals surface area (Å²) < 4.78 is 5.92. The first kappa shape index (κ1) is 15.3. The SMILES string of the molecule is COP(c1ccccc1)c1cccc2c1Sc1ccccc1S2. The Morgan fingerprint density at radius 2 is 1.35 bits per heavy atom. The summed E-state index contributed by atoms with van der Waals surface area (Å²) in [6.45, 7) is 0. The first-order valence-electron chi connectivity index (χ1n) is 7.34. The second-order valence-electron chi connectivity index (χ2n) is 5.07. The average Bonchev–Trinajstić information content (AvgIpc) is 2.62. The van der Waals surface area contributed by atoms with E-state index in [1.54, 1.807) is 0 Å². The van der Waals surface area contributed by atoms with E-state index in [-0.39, 0.29) is 0 Å². The van der Waals surface area contributed by atoms with Crippen LogP contribution in [0.2, 0.25) is 0 Å². The summed E-state index contributed by atoms with van der Waals surface area (Å²) in [5.74, 6) is 0. The third kappa shape index (κ3) is 2.95. The Hall–Kier alpha value is -1.25. The van der Waals surface area contributed by atoms with Gasteiger partial charge in [0.25, 0.3) is 0 Å². The number of hydrogen-bond acceptors (Lipinski definition) is 3. The summed E-state index contributed by atoms with van der Waals surface area (Å²) in [5.41, 5.74) is 0. The first-order chi connectivity index (χ1) is 11.4. The van der Waals surface area contributed by atoms with Crippen molar-refractivity contribution in [1.29, 1.82) is 0 Å². The lowest BCUT2D eigenvalue weighted by Crippen LogP contribution is -2.16. The van der Waals surface area contributed by atoms with Crippen LogP contribution >= 0.6 is 31.7 Å². The van der Waals surface area contributed by atoms with E-state index < -0.39 is 8.15 Å². The van der Waals surface area contributed by atoms with Crippen LogP contribution in [0.15, 0.2) is 92.4 Å². The van der Waals surface area contributed by atoms with E-state index in [2.05, 4.69) is 66.7 Å². The van der Waals surface area contributed by atoms with Crippen LogP contribution in [0, 0.1) is 0 Å². The van der Waals surface area contributed by atoms with Crippen molar-refractivity contribution in [3.05, 3.63) is 72.8 Å². The quantitative estimate of drug-likeness (QED) is 0.462. The second-order valence-corrected chi connectivity index (χ2v) is 9.16. The minimum absolute atomic E-state index is 0.787. The minimum atomic E-state index is -0.787. The van der Waals surface area contributed by atoms with Crippen molar-refractivity contribution >= 4 is 42.3 Å². The van der Waals surface area contributed by atoms with E-state index in [4.69, 9.17) is 4.52 Å². The molecule has 0 saturated heterocycles. The zero-order chi connectivity index (χ0) is 15.6. The average molecular weight is 354 g/mol. The molecule has 1 aliphatic heterocycles. The van der Waals surface area contributed by atoms with Crippen molar-refractivity contribution in [2.45, 2.75) is 19.6 Å². The van der Waals surface area contributed by atoms with E-state index in [1.165, 1.54) is 30.2 Å². The van der Waals surface area contributed by atoms with Crippen LogP contribution in [0.3, 0.4) is 0 Å². The summed E-state index contributed by atoms with van der Waals surface area (Å²) in [4.78, 5) is 5.33. The second kappa shape index (κ2) is 6.70. The smallest absolute Gasteiger partial charge is 0.0925 e. The van der Waals surface area contributed by atoms with Crippen molar-refractivity contribution in [2.24, 2.45) is 0 Å². The number of fused-ring (bicyclic) bond motifs is 2. The Labute approximate surface area is 146 Å². The van der Waals surface area contributed by atoms with E-state index in [1.807, 2.05) is 36.7 Å². The van der Waals surface area contributed by atoms with Gasteiger partial charge in [-0.2, -0.15) is 0 Å². The van der Waals surface area contributed by atoms with Crippen molar-refractivity contribution in [3.63, 3.8) is 0 Å². The molecule has 1 atom stereocenters. The number of benzene rings is 3. The normalized spacial score (nSPS) is 14.0. The van der Waals surface area contributed by atoms with Crippen molar-refractivity contribution < 1.29 is 4.52 Å². The molecule has 3 aromatic carbocycles. The Morgan fingerprint density at radius 1 is 0.696 bits per heavy atom. The molecule has 0 amide bonds. The third-order valence-corrected chi connectivity index (χ3v) is 8.34. The molecule has 1 aliphatic rings. The Bertz CT molecular complexity index is 836. The van der Waals surface area contributed by atoms with Crippen molar-refractivity contribution in [3.8, 4) is 0 Å². The molecule has 0 bridgehead atoms. The fraction of sp³-hybridized carbons (Fsp3) is 0.0526. The highest BCUT2D eigenvalue weighted by Crippen LogP contribution is 2.50. The molecule has 0 aromatic heterocycles. The van der Waals surface area contributed by atoms with Crippen LogP contribution < -0.4 is 10.6 Å². The van der Waals surface area contributed by atoms with Gasteiger partial charge in [-0.25, -0.2) is 0 Å². The summed E-state index contributed by atoms with van der Waals surface area (Å²) in [5, 5.41) is 2.56. The molecule has 1 heterocycles. The van der Waals surface area contributed by atoms with Gasteiger partial charge in [0.15, 0.2) is 0 Å². The maximum Gasteiger partial charge on any atom is 0.0925 e. The number of hydrogen-bond donors (Lipinski definition) is 0. The van der Waals surface area contributed by atoms with Gasteiger partial charge in [-0.15, -0.1) is 0 Å². The lowest BCUT2D eigenvalue weighted by atomic mass is 10.3. The van der Waals surface area contributed by atoms with Crippen LogP contribution in [0.25, 0.3) is 0 Å².